The molecule has 1 saturated carbocycles. The van der Waals surface area contributed by atoms with Crippen molar-refractivity contribution >= 4 is 11.6 Å². The van der Waals surface area contributed by atoms with E-state index in [1.165, 1.54) is 12.8 Å². The van der Waals surface area contributed by atoms with Crippen LogP contribution < -0.4 is 15.2 Å². The molecule has 20 heavy (non-hydrogen) atoms. The average molecular weight is 297 g/mol. The molecule has 1 heterocycles. The first-order valence-electron chi connectivity index (χ1n) is 7.29. The van der Waals surface area contributed by atoms with Crippen LogP contribution in [-0.2, 0) is 0 Å². The zero-order valence-electron chi connectivity index (χ0n) is 11.8. The molecular weight excluding hydrogens is 276 g/mol. The van der Waals surface area contributed by atoms with Crippen molar-refractivity contribution in [2.75, 3.05) is 26.3 Å². The number of nitrogens with two attached hydrogens (primary N) is 1. The molecule has 5 heteroatoms. The summed E-state index contributed by atoms with van der Waals surface area (Å²) < 4.78 is 11.2. The van der Waals surface area contributed by atoms with Crippen LogP contribution in [0.1, 0.15) is 31.4 Å². The Balaban J connectivity index is 1.93. The summed E-state index contributed by atoms with van der Waals surface area (Å²) in [7, 11) is 0. The fraction of sp³-hybridized carbons (Fsp3) is 0.600. The SMILES string of the molecule is CCN(C1CC1)C(CN)c1cc(Cl)c2c(c1)OCCO2. The number of nitrogens with zero attached hydrogens (tertiary/aromatic N) is 1. The quantitative estimate of drug-likeness (QED) is 0.907. The monoisotopic (exact) mass is 296 g/mol. The molecule has 0 spiro atoms. The fourth-order valence-corrected chi connectivity index (χ4v) is 3.20. The van der Waals surface area contributed by atoms with Crippen LogP contribution >= 0.6 is 11.6 Å². The van der Waals surface area contributed by atoms with Gasteiger partial charge in [-0.3, -0.25) is 4.90 Å². The summed E-state index contributed by atoms with van der Waals surface area (Å²) in [6.45, 7) is 4.88. The highest BCUT2D eigenvalue weighted by Crippen LogP contribution is 2.42. The molecule has 110 valence electrons. The highest BCUT2D eigenvalue weighted by molar-refractivity contribution is 6.32. The van der Waals surface area contributed by atoms with E-state index in [1.807, 2.05) is 12.1 Å². The number of hydrogen-bond acceptors (Lipinski definition) is 4. The molecule has 1 fully saturated rings. The molecule has 4 nitrogen and oxygen atoms in total. The summed E-state index contributed by atoms with van der Waals surface area (Å²) in [5.41, 5.74) is 7.14. The van der Waals surface area contributed by atoms with Crippen molar-refractivity contribution in [3.8, 4) is 11.5 Å². The number of hydrogen-bond donors (Lipinski definition) is 1. The summed E-state index contributed by atoms with van der Waals surface area (Å²) in [6.07, 6.45) is 2.53. The number of likely N-dealkylation sites (N-methyl/N-ethyl adjacent to an activating group) is 1. The van der Waals surface area contributed by atoms with Crippen LogP contribution in [0, 0.1) is 0 Å². The topological polar surface area (TPSA) is 47.7 Å². The molecule has 1 aromatic carbocycles. The second-order valence-corrected chi connectivity index (χ2v) is 5.75. The minimum atomic E-state index is 0.195. The zero-order chi connectivity index (χ0) is 14.1. The summed E-state index contributed by atoms with van der Waals surface area (Å²) in [5, 5.41) is 0.613. The first-order valence-corrected chi connectivity index (χ1v) is 7.67. The number of ether oxygens (including phenoxy) is 2. The van der Waals surface area contributed by atoms with Crippen LogP contribution in [0.3, 0.4) is 0 Å². The van der Waals surface area contributed by atoms with Gasteiger partial charge in [-0.2, -0.15) is 0 Å². The Bertz CT molecular complexity index is 491. The lowest BCUT2D eigenvalue weighted by Gasteiger charge is -2.31. The van der Waals surface area contributed by atoms with E-state index in [0.717, 1.165) is 17.9 Å². The van der Waals surface area contributed by atoms with Gasteiger partial charge in [-0.25, -0.2) is 0 Å². The standard InChI is InChI=1S/C15H21ClN2O2/c1-2-18(11-3-4-11)13(9-17)10-7-12(16)15-14(8-10)19-5-6-20-15/h7-8,11,13H,2-6,9,17H2,1H3. The molecule has 0 amide bonds. The van der Waals surface area contributed by atoms with Gasteiger partial charge in [0.2, 0.25) is 0 Å². The first kappa shape index (κ1) is 14.0. The van der Waals surface area contributed by atoms with E-state index < -0.39 is 0 Å². The van der Waals surface area contributed by atoms with E-state index in [4.69, 9.17) is 26.8 Å². The number of rotatable bonds is 5. The maximum absolute atomic E-state index is 6.33. The zero-order valence-corrected chi connectivity index (χ0v) is 12.5. The fourth-order valence-electron chi connectivity index (χ4n) is 2.93. The summed E-state index contributed by atoms with van der Waals surface area (Å²) in [6, 6.07) is 4.86. The maximum atomic E-state index is 6.33. The summed E-state index contributed by atoms with van der Waals surface area (Å²) in [4.78, 5) is 2.46. The number of halogens is 1. The van der Waals surface area contributed by atoms with Crippen LogP contribution in [0.15, 0.2) is 12.1 Å². The van der Waals surface area contributed by atoms with Gasteiger partial charge in [0.1, 0.15) is 13.2 Å². The van der Waals surface area contributed by atoms with Gasteiger partial charge in [0.25, 0.3) is 0 Å². The Hall–Kier alpha value is -0.970. The molecule has 1 atom stereocenters. The highest BCUT2D eigenvalue weighted by Gasteiger charge is 2.33. The molecule has 3 rings (SSSR count). The second-order valence-electron chi connectivity index (χ2n) is 5.34. The predicted molar refractivity (Wildman–Crippen MR) is 79.6 cm³/mol. The van der Waals surface area contributed by atoms with Crippen LogP contribution in [0.25, 0.3) is 0 Å². The van der Waals surface area contributed by atoms with E-state index >= 15 is 0 Å². The molecule has 0 aromatic heterocycles. The van der Waals surface area contributed by atoms with Gasteiger partial charge >= 0.3 is 0 Å². The van der Waals surface area contributed by atoms with Crippen molar-refractivity contribution in [1.82, 2.24) is 4.90 Å². The van der Waals surface area contributed by atoms with E-state index in [-0.39, 0.29) is 6.04 Å². The Morgan fingerprint density at radius 1 is 1.35 bits per heavy atom. The molecule has 2 N–H and O–H groups in total. The van der Waals surface area contributed by atoms with E-state index in [0.29, 0.717) is 36.6 Å². The number of benzene rings is 1. The third-order valence-corrected chi connectivity index (χ3v) is 4.29. The lowest BCUT2D eigenvalue weighted by atomic mass is 10.0. The van der Waals surface area contributed by atoms with Crippen LogP contribution in [-0.4, -0.2) is 37.2 Å². The van der Waals surface area contributed by atoms with Crippen molar-refractivity contribution in [3.05, 3.63) is 22.7 Å². The van der Waals surface area contributed by atoms with Gasteiger partial charge in [0, 0.05) is 18.6 Å². The molecule has 0 saturated heterocycles. The van der Waals surface area contributed by atoms with Crippen molar-refractivity contribution in [3.63, 3.8) is 0 Å². The summed E-state index contributed by atoms with van der Waals surface area (Å²) in [5.74, 6) is 1.40. The van der Waals surface area contributed by atoms with Crippen LogP contribution in [0.2, 0.25) is 5.02 Å². The van der Waals surface area contributed by atoms with E-state index in [2.05, 4.69) is 11.8 Å². The van der Waals surface area contributed by atoms with Gasteiger partial charge in [-0.15, -0.1) is 0 Å². The van der Waals surface area contributed by atoms with E-state index in [1.54, 1.807) is 0 Å². The molecule has 1 aromatic rings. The Morgan fingerprint density at radius 2 is 2.10 bits per heavy atom. The molecule has 0 bridgehead atoms. The lowest BCUT2D eigenvalue weighted by Crippen LogP contribution is -2.35. The van der Waals surface area contributed by atoms with Crippen molar-refractivity contribution < 1.29 is 9.47 Å². The van der Waals surface area contributed by atoms with Crippen molar-refractivity contribution in [2.45, 2.75) is 31.8 Å². The Labute approximate surface area is 124 Å². The molecule has 1 unspecified atom stereocenters. The van der Waals surface area contributed by atoms with Gasteiger partial charge in [0.05, 0.1) is 5.02 Å². The first-order chi connectivity index (χ1) is 9.74. The molecule has 1 aliphatic carbocycles. The lowest BCUT2D eigenvalue weighted by molar-refractivity contribution is 0.169. The van der Waals surface area contributed by atoms with Crippen LogP contribution in [0.4, 0.5) is 0 Å². The number of fused-ring (bicyclic) bond motifs is 1. The van der Waals surface area contributed by atoms with E-state index in [9.17, 15) is 0 Å². The molecular formula is C15H21ClN2O2. The minimum absolute atomic E-state index is 0.195. The highest BCUT2D eigenvalue weighted by atomic mass is 35.5. The van der Waals surface area contributed by atoms with Gasteiger partial charge in [0.15, 0.2) is 11.5 Å². The average Bonchev–Trinajstić information content (AvgIpc) is 3.29. The van der Waals surface area contributed by atoms with Crippen molar-refractivity contribution in [2.24, 2.45) is 5.73 Å². The second kappa shape index (κ2) is 5.80. The third kappa shape index (κ3) is 2.60. The minimum Gasteiger partial charge on any atom is -0.486 e. The predicted octanol–water partition coefficient (Wildman–Crippen LogP) is 2.60. The van der Waals surface area contributed by atoms with Gasteiger partial charge in [-0.1, -0.05) is 18.5 Å². The smallest absolute Gasteiger partial charge is 0.179 e. The Morgan fingerprint density at radius 3 is 2.75 bits per heavy atom. The van der Waals surface area contributed by atoms with Crippen molar-refractivity contribution in [1.29, 1.82) is 0 Å². The largest absolute Gasteiger partial charge is 0.486 e. The third-order valence-electron chi connectivity index (χ3n) is 4.01. The van der Waals surface area contributed by atoms with Crippen LogP contribution in [0.5, 0.6) is 11.5 Å². The van der Waals surface area contributed by atoms with Gasteiger partial charge in [-0.05, 0) is 37.1 Å². The molecule has 1 aliphatic heterocycles. The molecule has 2 aliphatic rings. The maximum Gasteiger partial charge on any atom is 0.179 e. The van der Waals surface area contributed by atoms with Gasteiger partial charge < -0.3 is 15.2 Å². The normalized spacial score (nSPS) is 19.2. The summed E-state index contributed by atoms with van der Waals surface area (Å²) >= 11 is 6.33. The Kier molecular flexibility index (Phi) is 4.06. The molecule has 0 radical (unpaired) electrons.